The molecule has 2 aromatic rings. The second kappa shape index (κ2) is 5.20. The van der Waals surface area contributed by atoms with Crippen LogP contribution in [0.1, 0.15) is 5.69 Å². The normalized spacial score (nSPS) is 10.5. The first kappa shape index (κ1) is 13.2. The molecule has 3 nitrogen and oxygen atoms in total. The molecule has 0 saturated heterocycles. The molecule has 1 aromatic carbocycles. The molecule has 0 radical (unpaired) electrons. The van der Waals surface area contributed by atoms with Gasteiger partial charge in [-0.05, 0) is 25.1 Å². The highest BCUT2D eigenvalue weighted by atomic mass is 79.9. The van der Waals surface area contributed by atoms with Gasteiger partial charge in [0.05, 0.1) is 5.69 Å². The van der Waals surface area contributed by atoms with Crippen molar-refractivity contribution in [2.24, 2.45) is 0 Å². The summed E-state index contributed by atoms with van der Waals surface area (Å²) in [5.74, 6) is 0.149. The molecule has 18 heavy (non-hydrogen) atoms. The van der Waals surface area contributed by atoms with E-state index in [0.717, 1.165) is 10.0 Å². The molecule has 2 rings (SSSR count). The van der Waals surface area contributed by atoms with Gasteiger partial charge in [0.25, 0.3) is 0 Å². The average Bonchev–Trinajstić information content (AvgIpc) is 2.35. The van der Waals surface area contributed by atoms with Crippen LogP contribution >= 0.6 is 27.5 Å². The minimum Gasteiger partial charge on any atom is -0.371 e. The minimum atomic E-state index is -0.445. The second-order valence-corrected chi connectivity index (χ2v) is 4.96. The van der Waals surface area contributed by atoms with Crippen LogP contribution in [0.4, 0.5) is 10.2 Å². The molecule has 94 valence electrons. The summed E-state index contributed by atoms with van der Waals surface area (Å²) in [4.78, 5) is 8.28. The first-order valence-electron chi connectivity index (χ1n) is 5.20. The van der Waals surface area contributed by atoms with Crippen molar-refractivity contribution < 1.29 is 4.39 Å². The SMILES string of the molecule is CNc1nc(-c2cc(Cl)ccc2Br)nc(C)c1F. The Morgan fingerprint density at radius 3 is 2.72 bits per heavy atom. The van der Waals surface area contributed by atoms with E-state index in [1.807, 2.05) is 0 Å². The van der Waals surface area contributed by atoms with Crippen molar-refractivity contribution in [3.63, 3.8) is 0 Å². The quantitative estimate of drug-likeness (QED) is 0.902. The van der Waals surface area contributed by atoms with Crippen molar-refractivity contribution in [3.8, 4) is 11.4 Å². The molecule has 0 saturated carbocycles. The highest BCUT2D eigenvalue weighted by Crippen LogP contribution is 2.30. The number of rotatable bonds is 2. The summed E-state index contributed by atoms with van der Waals surface area (Å²) in [6.45, 7) is 1.60. The third-order valence-corrected chi connectivity index (χ3v) is 3.35. The molecule has 1 heterocycles. The molecule has 0 amide bonds. The van der Waals surface area contributed by atoms with Gasteiger partial charge in [0.2, 0.25) is 0 Å². The Kier molecular flexibility index (Phi) is 3.82. The topological polar surface area (TPSA) is 37.8 Å². The fourth-order valence-electron chi connectivity index (χ4n) is 1.51. The van der Waals surface area contributed by atoms with Crippen molar-refractivity contribution in [2.75, 3.05) is 12.4 Å². The second-order valence-electron chi connectivity index (χ2n) is 3.67. The van der Waals surface area contributed by atoms with E-state index in [0.29, 0.717) is 10.8 Å². The molecule has 0 aliphatic heterocycles. The van der Waals surface area contributed by atoms with Gasteiger partial charge in [-0.3, -0.25) is 0 Å². The number of halogens is 3. The first-order valence-corrected chi connectivity index (χ1v) is 6.37. The summed E-state index contributed by atoms with van der Waals surface area (Å²) in [7, 11) is 1.61. The monoisotopic (exact) mass is 329 g/mol. The van der Waals surface area contributed by atoms with Gasteiger partial charge in [-0.25, -0.2) is 14.4 Å². The van der Waals surface area contributed by atoms with E-state index in [4.69, 9.17) is 11.6 Å². The van der Waals surface area contributed by atoms with Crippen LogP contribution in [-0.2, 0) is 0 Å². The number of hydrogen-bond donors (Lipinski definition) is 1. The molecule has 1 aromatic heterocycles. The molecule has 1 N–H and O–H groups in total. The smallest absolute Gasteiger partial charge is 0.186 e. The van der Waals surface area contributed by atoms with Crippen LogP contribution in [0.5, 0.6) is 0 Å². The molecule has 0 fully saturated rings. The third-order valence-electron chi connectivity index (χ3n) is 2.42. The summed E-state index contributed by atoms with van der Waals surface area (Å²) >= 11 is 9.35. The molecular formula is C12H10BrClFN3. The maximum atomic E-state index is 13.7. The van der Waals surface area contributed by atoms with Crippen molar-refractivity contribution in [1.82, 2.24) is 9.97 Å². The number of anilines is 1. The summed E-state index contributed by atoms with van der Waals surface area (Å²) < 4.78 is 14.5. The Morgan fingerprint density at radius 2 is 2.06 bits per heavy atom. The van der Waals surface area contributed by atoms with Crippen molar-refractivity contribution >= 4 is 33.3 Å². The summed E-state index contributed by atoms with van der Waals surface area (Å²) in [5, 5.41) is 3.28. The van der Waals surface area contributed by atoms with Gasteiger partial charge in [-0.2, -0.15) is 0 Å². The predicted octanol–water partition coefficient (Wildman–Crippen LogP) is 4.05. The van der Waals surface area contributed by atoms with E-state index in [9.17, 15) is 4.39 Å². The van der Waals surface area contributed by atoms with E-state index in [1.54, 1.807) is 32.2 Å². The van der Waals surface area contributed by atoms with Gasteiger partial charge >= 0.3 is 0 Å². The zero-order valence-corrected chi connectivity index (χ0v) is 12.1. The van der Waals surface area contributed by atoms with Crippen LogP contribution in [0.15, 0.2) is 22.7 Å². The lowest BCUT2D eigenvalue weighted by molar-refractivity contribution is 0.607. The molecule has 0 bridgehead atoms. The van der Waals surface area contributed by atoms with Crippen molar-refractivity contribution in [1.29, 1.82) is 0 Å². The maximum Gasteiger partial charge on any atom is 0.186 e. The Labute approximate surface area is 118 Å². The zero-order valence-electron chi connectivity index (χ0n) is 9.76. The number of benzene rings is 1. The minimum absolute atomic E-state index is 0.171. The molecule has 0 aliphatic carbocycles. The number of aromatic nitrogens is 2. The van der Waals surface area contributed by atoms with Crippen molar-refractivity contribution in [3.05, 3.63) is 39.2 Å². The molecular weight excluding hydrogens is 321 g/mol. The Bertz CT molecular complexity index is 604. The zero-order chi connectivity index (χ0) is 13.3. The standard InChI is InChI=1S/C12H10BrClFN3/c1-6-10(15)12(16-2)18-11(17-6)8-5-7(14)3-4-9(8)13/h3-5H,1-2H3,(H,16,17,18). The fourth-order valence-corrected chi connectivity index (χ4v) is 2.11. The van der Waals surface area contributed by atoms with Gasteiger partial charge < -0.3 is 5.32 Å². The largest absolute Gasteiger partial charge is 0.371 e. The molecule has 0 spiro atoms. The van der Waals surface area contributed by atoms with E-state index >= 15 is 0 Å². The predicted molar refractivity (Wildman–Crippen MR) is 74.4 cm³/mol. The molecule has 0 aliphatic rings. The summed E-state index contributed by atoms with van der Waals surface area (Å²) in [5.41, 5.74) is 1.01. The highest BCUT2D eigenvalue weighted by Gasteiger charge is 2.13. The lowest BCUT2D eigenvalue weighted by atomic mass is 10.2. The van der Waals surface area contributed by atoms with Crippen LogP contribution < -0.4 is 5.32 Å². The number of aryl methyl sites for hydroxylation is 1. The maximum absolute atomic E-state index is 13.7. The number of nitrogens with one attached hydrogen (secondary N) is 1. The fraction of sp³-hybridized carbons (Fsp3) is 0.167. The first-order chi connectivity index (χ1) is 8.52. The van der Waals surface area contributed by atoms with Crippen LogP contribution in [0.3, 0.4) is 0 Å². The lowest BCUT2D eigenvalue weighted by Crippen LogP contribution is -2.03. The van der Waals surface area contributed by atoms with Gasteiger partial charge in [-0.1, -0.05) is 27.5 Å². The van der Waals surface area contributed by atoms with Crippen LogP contribution in [0, 0.1) is 12.7 Å². The Hall–Kier alpha value is -1.20. The van der Waals surface area contributed by atoms with Crippen LogP contribution in [0.2, 0.25) is 5.02 Å². The van der Waals surface area contributed by atoms with Crippen LogP contribution in [-0.4, -0.2) is 17.0 Å². The van der Waals surface area contributed by atoms with Crippen LogP contribution in [0.25, 0.3) is 11.4 Å². The van der Waals surface area contributed by atoms with Gasteiger partial charge in [0.1, 0.15) is 0 Å². The number of nitrogens with zero attached hydrogens (tertiary/aromatic N) is 2. The van der Waals surface area contributed by atoms with E-state index in [2.05, 4.69) is 31.2 Å². The van der Waals surface area contributed by atoms with E-state index < -0.39 is 5.82 Å². The Morgan fingerprint density at radius 1 is 1.33 bits per heavy atom. The van der Waals surface area contributed by atoms with Gasteiger partial charge in [0.15, 0.2) is 17.5 Å². The summed E-state index contributed by atoms with van der Waals surface area (Å²) in [6.07, 6.45) is 0. The molecule has 0 unspecified atom stereocenters. The highest BCUT2D eigenvalue weighted by molar-refractivity contribution is 9.10. The third kappa shape index (κ3) is 2.47. The Balaban J connectivity index is 2.64. The number of hydrogen-bond acceptors (Lipinski definition) is 3. The van der Waals surface area contributed by atoms with E-state index in [-0.39, 0.29) is 11.5 Å². The summed E-state index contributed by atoms with van der Waals surface area (Å²) in [6, 6.07) is 5.29. The van der Waals surface area contributed by atoms with Gasteiger partial charge in [-0.15, -0.1) is 0 Å². The molecule has 6 heteroatoms. The average molecular weight is 331 g/mol. The van der Waals surface area contributed by atoms with E-state index in [1.165, 1.54) is 0 Å². The van der Waals surface area contributed by atoms with Gasteiger partial charge in [0, 0.05) is 22.1 Å². The lowest BCUT2D eigenvalue weighted by Gasteiger charge is -2.09. The van der Waals surface area contributed by atoms with Crippen molar-refractivity contribution in [2.45, 2.75) is 6.92 Å². The molecule has 0 atom stereocenters.